The van der Waals surface area contributed by atoms with Crippen LogP contribution in [-0.4, -0.2) is 40.8 Å². The Hall–Kier alpha value is -0.940. The normalized spacial score (nSPS) is 54.4. The summed E-state index contributed by atoms with van der Waals surface area (Å²) in [7, 11) is 0. The number of ketones is 1. The summed E-state index contributed by atoms with van der Waals surface area (Å²) in [6, 6.07) is 0. The predicted octanol–water partition coefficient (Wildman–Crippen LogP) is 3.41. The largest absolute Gasteiger partial charge is 0.463 e. The Labute approximate surface area is 167 Å². The Morgan fingerprint density at radius 3 is 2.54 bits per heavy atom. The lowest BCUT2D eigenvalue weighted by molar-refractivity contribution is -0.260. The minimum absolute atomic E-state index is 0.0340. The van der Waals surface area contributed by atoms with E-state index in [1.54, 1.807) is 6.92 Å². The Bertz CT molecular complexity index is 720. The lowest BCUT2D eigenvalue weighted by Gasteiger charge is -2.63. The first kappa shape index (κ1) is 19.0. The number of ether oxygens (including phenoxy) is 2. The van der Waals surface area contributed by atoms with Crippen LogP contribution in [0.5, 0.6) is 0 Å². The molecule has 0 aromatic rings. The molecule has 5 aliphatic rings. The third-order valence-corrected chi connectivity index (χ3v) is 10.00. The molecule has 4 saturated carbocycles. The van der Waals surface area contributed by atoms with Crippen molar-refractivity contribution in [2.75, 3.05) is 6.61 Å². The van der Waals surface area contributed by atoms with Crippen molar-refractivity contribution in [2.45, 2.75) is 95.9 Å². The summed E-state index contributed by atoms with van der Waals surface area (Å²) in [5.74, 6) is 0.852. The fourth-order valence-electron chi connectivity index (χ4n) is 8.82. The molecule has 0 radical (unpaired) electrons. The number of fused-ring (bicyclic) bond motifs is 1. The van der Waals surface area contributed by atoms with E-state index in [2.05, 4.69) is 6.92 Å². The maximum Gasteiger partial charge on any atom is 0.302 e. The highest BCUT2D eigenvalue weighted by Crippen LogP contribution is 2.74. The molecule has 1 aliphatic heterocycles. The topological polar surface area (TPSA) is 72.8 Å². The van der Waals surface area contributed by atoms with E-state index in [4.69, 9.17) is 9.47 Å². The van der Waals surface area contributed by atoms with Gasteiger partial charge in [-0.3, -0.25) is 9.59 Å². The van der Waals surface area contributed by atoms with Crippen LogP contribution in [0.4, 0.5) is 0 Å². The first-order chi connectivity index (χ1) is 13.2. The Morgan fingerprint density at radius 2 is 1.82 bits per heavy atom. The highest BCUT2D eigenvalue weighted by atomic mass is 16.5. The summed E-state index contributed by atoms with van der Waals surface area (Å²) in [6.45, 7) is 6.06. The van der Waals surface area contributed by atoms with Crippen LogP contribution in [0, 0.1) is 28.6 Å². The fourth-order valence-corrected chi connectivity index (χ4v) is 8.82. The summed E-state index contributed by atoms with van der Waals surface area (Å²) in [5, 5.41) is 12.2. The standard InChI is InChI=1S/C23H34O5/c1-14(24)18-6-11-23(26)20(18,3)8-7-19-21-9-5-17(28-15(2)25)12-16(21)4-10-22(19,23)27-13-21/h16-19,26H,4-13H2,1-3H3/t16-,17-,18+,19+,20+,21+,22-,23-/m0/s1. The molecule has 5 heteroatoms. The highest BCUT2D eigenvalue weighted by molar-refractivity contribution is 5.80. The van der Waals surface area contributed by atoms with Gasteiger partial charge in [0, 0.05) is 23.7 Å². The molecule has 156 valence electrons. The number of aliphatic hydroxyl groups is 1. The molecule has 1 N–H and O–H groups in total. The van der Waals surface area contributed by atoms with Gasteiger partial charge in [-0.05, 0) is 76.5 Å². The molecule has 4 aliphatic carbocycles. The molecule has 0 amide bonds. The maximum atomic E-state index is 12.4. The van der Waals surface area contributed by atoms with Gasteiger partial charge in [0.15, 0.2) is 0 Å². The van der Waals surface area contributed by atoms with E-state index in [0.717, 1.165) is 58.0 Å². The van der Waals surface area contributed by atoms with Crippen molar-refractivity contribution in [3.8, 4) is 0 Å². The quantitative estimate of drug-likeness (QED) is 0.732. The van der Waals surface area contributed by atoms with Crippen LogP contribution in [0.1, 0.15) is 78.6 Å². The van der Waals surface area contributed by atoms with E-state index in [-0.39, 0.29) is 34.6 Å². The Balaban J connectivity index is 1.49. The lowest BCUT2D eigenvalue weighted by Crippen LogP contribution is -2.70. The zero-order valence-electron chi connectivity index (χ0n) is 17.5. The number of hydrogen-bond acceptors (Lipinski definition) is 5. The molecule has 8 atom stereocenters. The van der Waals surface area contributed by atoms with Gasteiger partial charge in [0.2, 0.25) is 0 Å². The molecule has 0 unspecified atom stereocenters. The second-order valence-corrected chi connectivity index (χ2v) is 10.7. The molecule has 28 heavy (non-hydrogen) atoms. The van der Waals surface area contributed by atoms with Crippen molar-refractivity contribution in [1.29, 1.82) is 0 Å². The molecule has 1 saturated heterocycles. The smallest absolute Gasteiger partial charge is 0.302 e. The molecule has 0 aromatic carbocycles. The minimum Gasteiger partial charge on any atom is -0.463 e. The van der Waals surface area contributed by atoms with Crippen LogP contribution in [0.2, 0.25) is 0 Å². The summed E-state index contributed by atoms with van der Waals surface area (Å²) in [4.78, 5) is 23.8. The van der Waals surface area contributed by atoms with E-state index in [9.17, 15) is 14.7 Å². The summed E-state index contributed by atoms with van der Waals surface area (Å²) < 4.78 is 12.2. The number of hydrogen-bond donors (Lipinski definition) is 1. The molecule has 5 nitrogen and oxygen atoms in total. The number of esters is 1. The van der Waals surface area contributed by atoms with Crippen LogP contribution in [-0.2, 0) is 19.1 Å². The first-order valence-corrected chi connectivity index (χ1v) is 11.2. The number of carbonyl (C=O) groups is 2. The van der Waals surface area contributed by atoms with Crippen LogP contribution in [0.25, 0.3) is 0 Å². The van der Waals surface area contributed by atoms with Gasteiger partial charge in [-0.1, -0.05) is 6.92 Å². The average Bonchev–Trinajstić information content (AvgIpc) is 3.03. The second-order valence-electron chi connectivity index (χ2n) is 10.7. The van der Waals surface area contributed by atoms with Crippen molar-refractivity contribution in [3.63, 3.8) is 0 Å². The second kappa shape index (κ2) is 5.81. The van der Waals surface area contributed by atoms with Crippen molar-refractivity contribution in [1.82, 2.24) is 0 Å². The zero-order chi connectivity index (χ0) is 19.9. The first-order valence-electron chi connectivity index (χ1n) is 11.2. The van der Waals surface area contributed by atoms with Gasteiger partial charge in [-0.2, -0.15) is 0 Å². The van der Waals surface area contributed by atoms with Crippen molar-refractivity contribution < 1.29 is 24.2 Å². The van der Waals surface area contributed by atoms with E-state index in [1.807, 2.05) is 0 Å². The fraction of sp³-hybridized carbons (Fsp3) is 0.913. The van der Waals surface area contributed by atoms with Gasteiger partial charge in [0.25, 0.3) is 0 Å². The van der Waals surface area contributed by atoms with Crippen LogP contribution in [0.15, 0.2) is 0 Å². The number of rotatable bonds is 2. The Morgan fingerprint density at radius 1 is 1.04 bits per heavy atom. The highest BCUT2D eigenvalue weighted by Gasteiger charge is 2.78. The number of Topliss-reactive ketones (excluding diaryl/α,β-unsaturated/α-hetero) is 1. The molecule has 5 rings (SSSR count). The van der Waals surface area contributed by atoms with E-state index < -0.39 is 11.2 Å². The van der Waals surface area contributed by atoms with Gasteiger partial charge in [-0.15, -0.1) is 0 Å². The zero-order valence-corrected chi connectivity index (χ0v) is 17.5. The third kappa shape index (κ3) is 2.05. The van der Waals surface area contributed by atoms with Gasteiger partial charge in [0.05, 0.1) is 12.2 Å². The molecule has 1 heterocycles. The van der Waals surface area contributed by atoms with Crippen molar-refractivity contribution in [3.05, 3.63) is 0 Å². The lowest BCUT2D eigenvalue weighted by atomic mass is 9.42. The SMILES string of the molecule is CC(=O)O[C@H]1CC[C@@]23CO[C@@]4(CC[C@H]2C1)[C@@H]3CC[C@]1(C)[C@@H](C(C)=O)CC[C@@]41O. The molecule has 1 spiro atoms. The van der Waals surface area contributed by atoms with Crippen LogP contribution in [0.3, 0.4) is 0 Å². The van der Waals surface area contributed by atoms with E-state index >= 15 is 0 Å². The average molecular weight is 391 g/mol. The molecular weight excluding hydrogens is 356 g/mol. The maximum absolute atomic E-state index is 12.4. The summed E-state index contributed by atoms with van der Waals surface area (Å²) >= 11 is 0. The monoisotopic (exact) mass is 390 g/mol. The minimum atomic E-state index is -0.902. The van der Waals surface area contributed by atoms with E-state index in [0.29, 0.717) is 18.3 Å². The summed E-state index contributed by atoms with van der Waals surface area (Å²) in [5.41, 5.74) is -1.65. The third-order valence-electron chi connectivity index (χ3n) is 10.00. The molecule has 0 aromatic heterocycles. The van der Waals surface area contributed by atoms with Crippen molar-refractivity contribution in [2.24, 2.45) is 28.6 Å². The van der Waals surface area contributed by atoms with Gasteiger partial charge in [0.1, 0.15) is 17.5 Å². The van der Waals surface area contributed by atoms with Crippen LogP contribution < -0.4 is 0 Å². The Kier molecular flexibility index (Phi) is 3.95. The predicted molar refractivity (Wildman–Crippen MR) is 102 cm³/mol. The molecular formula is C23H34O5. The molecule has 5 fully saturated rings. The van der Waals surface area contributed by atoms with E-state index in [1.165, 1.54) is 6.92 Å². The summed E-state index contributed by atoms with van der Waals surface area (Å²) in [6.07, 6.45) is 8.19. The van der Waals surface area contributed by atoms with Crippen molar-refractivity contribution >= 4 is 11.8 Å². The molecule has 2 bridgehead atoms. The van der Waals surface area contributed by atoms with Gasteiger partial charge < -0.3 is 14.6 Å². The van der Waals surface area contributed by atoms with Gasteiger partial charge >= 0.3 is 5.97 Å². The van der Waals surface area contributed by atoms with Crippen LogP contribution >= 0.6 is 0 Å². The van der Waals surface area contributed by atoms with Gasteiger partial charge in [-0.25, -0.2) is 0 Å². The number of carbonyl (C=O) groups excluding carboxylic acids is 2.